The summed E-state index contributed by atoms with van der Waals surface area (Å²) in [6.07, 6.45) is 5.42. The molecule has 0 unspecified atom stereocenters. The fourth-order valence-electron chi connectivity index (χ4n) is 4.66. The molecule has 2 aromatic carbocycles. The van der Waals surface area contributed by atoms with E-state index in [2.05, 4.69) is 5.32 Å². The van der Waals surface area contributed by atoms with Crippen LogP contribution in [0.2, 0.25) is 15.1 Å². The standard InChI is InChI=1S/C27H34Cl3N3O4S/c1-18-23(29)10-6-11-25(18)33(38(3,36)37)15-7-12-26(34)32(17-20-13-14-21(28)16-24(20)30)19(2)27(35)31-22-8-4-5-9-22/h6,10-11,13-14,16,19,22H,4-5,7-9,12,15,17H2,1-3H3,(H,31,35)/t19-/m0/s1. The van der Waals surface area contributed by atoms with E-state index in [1.165, 1.54) is 9.21 Å². The number of carbonyl (C=O) groups excluding carboxylic acids is 2. The van der Waals surface area contributed by atoms with Gasteiger partial charge in [0.2, 0.25) is 21.8 Å². The van der Waals surface area contributed by atoms with Gasteiger partial charge in [-0.15, -0.1) is 0 Å². The number of anilines is 1. The summed E-state index contributed by atoms with van der Waals surface area (Å²) in [5.74, 6) is -0.496. The van der Waals surface area contributed by atoms with E-state index in [-0.39, 0.29) is 43.8 Å². The fraction of sp³-hybridized carbons (Fsp3) is 0.481. The molecule has 3 rings (SSSR count). The number of nitrogens with zero attached hydrogens (tertiary/aromatic N) is 2. The lowest BCUT2D eigenvalue weighted by Gasteiger charge is -2.30. The third kappa shape index (κ3) is 8.01. The Hall–Kier alpha value is -2.00. The second-order valence-electron chi connectivity index (χ2n) is 9.75. The van der Waals surface area contributed by atoms with Gasteiger partial charge in [0.25, 0.3) is 0 Å². The van der Waals surface area contributed by atoms with Gasteiger partial charge in [-0.05, 0) is 68.5 Å². The fourth-order valence-corrected chi connectivity index (χ4v) is 6.31. The Morgan fingerprint density at radius 2 is 1.76 bits per heavy atom. The summed E-state index contributed by atoms with van der Waals surface area (Å²) in [4.78, 5) is 28.1. The van der Waals surface area contributed by atoms with Gasteiger partial charge in [-0.25, -0.2) is 8.42 Å². The van der Waals surface area contributed by atoms with Crippen LogP contribution in [0.25, 0.3) is 0 Å². The minimum Gasteiger partial charge on any atom is -0.352 e. The molecule has 1 aliphatic carbocycles. The molecule has 2 amide bonds. The third-order valence-corrected chi connectivity index (χ3v) is 9.06. The molecule has 0 heterocycles. The first-order valence-electron chi connectivity index (χ1n) is 12.6. The zero-order chi connectivity index (χ0) is 28.0. The number of halogens is 3. The Labute approximate surface area is 240 Å². The predicted octanol–water partition coefficient (Wildman–Crippen LogP) is 5.98. The molecule has 1 N–H and O–H groups in total. The SMILES string of the molecule is Cc1c(Cl)cccc1N(CCCC(=O)N(Cc1ccc(Cl)cc1Cl)[C@@H](C)C(=O)NC1CCCC1)S(C)(=O)=O. The van der Waals surface area contributed by atoms with Gasteiger partial charge in [0.05, 0.1) is 11.9 Å². The van der Waals surface area contributed by atoms with E-state index in [4.69, 9.17) is 34.8 Å². The molecule has 1 aliphatic rings. The molecule has 0 aliphatic heterocycles. The Morgan fingerprint density at radius 1 is 1.08 bits per heavy atom. The summed E-state index contributed by atoms with van der Waals surface area (Å²) >= 11 is 18.6. The van der Waals surface area contributed by atoms with Gasteiger partial charge in [0, 0.05) is 40.6 Å². The number of hydrogen-bond donors (Lipinski definition) is 1. The highest BCUT2D eigenvalue weighted by atomic mass is 35.5. The first-order valence-corrected chi connectivity index (χ1v) is 15.6. The summed E-state index contributed by atoms with van der Waals surface area (Å²) in [5, 5.41) is 4.40. The maximum Gasteiger partial charge on any atom is 0.242 e. The highest BCUT2D eigenvalue weighted by molar-refractivity contribution is 7.92. The quantitative estimate of drug-likeness (QED) is 0.343. The monoisotopic (exact) mass is 601 g/mol. The van der Waals surface area contributed by atoms with Gasteiger partial charge in [0.1, 0.15) is 6.04 Å². The van der Waals surface area contributed by atoms with Crippen LogP contribution in [-0.2, 0) is 26.2 Å². The summed E-state index contributed by atoms with van der Waals surface area (Å²) in [5.41, 5.74) is 1.78. The van der Waals surface area contributed by atoms with Crippen molar-refractivity contribution < 1.29 is 18.0 Å². The van der Waals surface area contributed by atoms with E-state index in [0.29, 0.717) is 31.9 Å². The number of rotatable bonds is 11. The number of amides is 2. The second-order valence-corrected chi connectivity index (χ2v) is 12.9. The van der Waals surface area contributed by atoms with Crippen LogP contribution in [0.3, 0.4) is 0 Å². The van der Waals surface area contributed by atoms with Crippen LogP contribution in [0.5, 0.6) is 0 Å². The summed E-state index contributed by atoms with van der Waals surface area (Å²) in [6.45, 7) is 3.66. The molecule has 0 aromatic heterocycles. The largest absolute Gasteiger partial charge is 0.352 e. The number of nitrogens with one attached hydrogen (secondary N) is 1. The molecule has 0 bridgehead atoms. The summed E-state index contributed by atoms with van der Waals surface area (Å²) in [6, 6.07) is 9.47. The van der Waals surface area contributed by atoms with Crippen molar-refractivity contribution in [2.45, 2.75) is 71.0 Å². The first-order chi connectivity index (χ1) is 17.9. The van der Waals surface area contributed by atoms with Crippen molar-refractivity contribution in [3.05, 3.63) is 62.6 Å². The van der Waals surface area contributed by atoms with Crippen molar-refractivity contribution in [2.75, 3.05) is 17.1 Å². The molecular formula is C27H34Cl3N3O4S. The summed E-state index contributed by atoms with van der Waals surface area (Å²) < 4.78 is 26.4. The van der Waals surface area contributed by atoms with E-state index in [1.807, 2.05) is 0 Å². The van der Waals surface area contributed by atoms with Crippen LogP contribution < -0.4 is 9.62 Å². The molecule has 208 valence electrons. The number of carbonyl (C=O) groups is 2. The topological polar surface area (TPSA) is 86.8 Å². The van der Waals surface area contributed by atoms with E-state index < -0.39 is 16.1 Å². The van der Waals surface area contributed by atoms with Gasteiger partial charge in [0.15, 0.2) is 0 Å². The van der Waals surface area contributed by atoms with Crippen molar-refractivity contribution >= 4 is 62.3 Å². The van der Waals surface area contributed by atoms with Gasteiger partial charge >= 0.3 is 0 Å². The number of hydrogen-bond acceptors (Lipinski definition) is 4. The Morgan fingerprint density at radius 3 is 2.39 bits per heavy atom. The molecule has 38 heavy (non-hydrogen) atoms. The molecule has 1 fully saturated rings. The van der Waals surface area contributed by atoms with Crippen LogP contribution in [0.15, 0.2) is 36.4 Å². The minimum absolute atomic E-state index is 0.0396. The molecule has 1 saturated carbocycles. The molecule has 7 nitrogen and oxygen atoms in total. The average molecular weight is 603 g/mol. The van der Waals surface area contributed by atoms with E-state index in [9.17, 15) is 18.0 Å². The van der Waals surface area contributed by atoms with Crippen LogP contribution in [0.1, 0.15) is 56.6 Å². The van der Waals surface area contributed by atoms with E-state index >= 15 is 0 Å². The second kappa shape index (κ2) is 13.4. The summed E-state index contributed by atoms with van der Waals surface area (Å²) in [7, 11) is -3.62. The van der Waals surface area contributed by atoms with Crippen molar-refractivity contribution in [3.63, 3.8) is 0 Å². The Bertz CT molecular complexity index is 1270. The minimum atomic E-state index is -3.62. The lowest BCUT2D eigenvalue weighted by molar-refractivity contribution is -0.140. The molecule has 11 heteroatoms. The molecule has 0 saturated heterocycles. The zero-order valence-corrected chi connectivity index (χ0v) is 24.9. The van der Waals surface area contributed by atoms with Crippen LogP contribution in [-0.4, -0.2) is 50.0 Å². The lowest BCUT2D eigenvalue weighted by Crippen LogP contribution is -2.49. The van der Waals surface area contributed by atoms with Gasteiger partial charge in [-0.3, -0.25) is 13.9 Å². The van der Waals surface area contributed by atoms with Gasteiger partial charge in [-0.2, -0.15) is 0 Å². The van der Waals surface area contributed by atoms with E-state index in [1.54, 1.807) is 50.2 Å². The molecule has 0 radical (unpaired) electrons. The number of sulfonamides is 1. The zero-order valence-electron chi connectivity index (χ0n) is 21.8. The van der Waals surface area contributed by atoms with Gasteiger partial charge < -0.3 is 10.2 Å². The smallest absolute Gasteiger partial charge is 0.242 e. The molecule has 2 aromatic rings. The normalized spacial score (nSPS) is 14.8. The van der Waals surface area contributed by atoms with Crippen molar-refractivity contribution in [1.82, 2.24) is 10.2 Å². The average Bonchev–Trinajstić information content (AvgIpc) is 3.35. The molecular weight excluding hydrogens is 569 g/mol. The van der Waals surface area contributed by atoms with Crippen LogP contribution in [0, 0.1) is 6.92 Å². The third-order valence-electron chi connectivity index (χ3n) is 6.88. The lowest BCUT2D eigenvalue weighted by atomic mass is 10.1. The van der Waals surface area contributed by atoms with E-state index in [0.717, 1.165) is 31.9 Å². The first kappa shape index (κ1) is 30.5. The highest BCUT2D eigenvalue weighted by Gasteiger charge is 2.29. The van der Waals surface area contributed by atoms with Crippen molar-refractivity contribution in [2.24, 2.45) is 0 Å². The van der Waals surface area contributed by atoms with Crippen LogP contribution in [0.4, 0.5) is 5.69 Å². The molecule has 0 spiro atoms. The van der Waals surface area contributed by atoms with Gasteiger partial charge in [-0.1, -0.05) is 59.8 Å². The van der Waals surface area contributed by atoms with Crippen molar-refractivity contribution in [3.8, 4) is 0 Å². The highest BCUT2D eigenvalue weighted by Crippen LogP contribution is 2.29. The van der Waals surface area contributed by atoms with Crippen LogP contribution >= 0.6 is 34.8 Å². The number of benzene rings is 2. The maximum atomic E-state index is 13.5. The predicted molar refractivity (Wildman–Crippen MR) is 154 cm³/mol. The maximum absolute atomic E-state index is 13.5. The molecule has 1 atom stereocenters. The Balaban J connectivity index is 1.77. The van der Waals surface area contributed by atoms with Crippen molar-refractivity contribution in [1.29, 1.82) is 0 Å². The Kier molecular flexibility index (Phi) is 10.7.